The molecule has 2 aromatic carbocycles. The summed E-state index contributed by atoms with van der Waals surface area (Å²) in [6, 6.07) is 20.2. The van der Waals surface area contributed by atoms with Gasteiger partial charge in [-0.15, -0.1) is 0 Å². The van der Waals surface area contributed by atoms with Gasteiger partial charge in [0, 0.05) is 37.6 Å². The van der Waals surface area contributed by atoms with E-state index in [1.165, 1.54) is 0 Å². The Hall–Kier alpha value is -4.20. The van der Waals surface area contributed by atoms with Crippen LogP contribution in [-0.2, 0) is 15.1 Å². The molecule has 3 aromatic rings. The topological polar surface area (TPSA) is 112 Å². The predicted octanol–water partition coefficient (Wildman–Crippen LogP) is 6.43. The number of hydrogen-bond donors (Lipinski definition) is 3. The third-order valence-electron chi connectivity index (χ3n) is 8.86. The van der Waals surface area contributed by atoms with Crippen LogP contribution in [0.4, 0.5) is 10.5 Å². The molecule has 5 rings (SSSR count). The lowest BCUT2D eigenvalue weighted by Gasteiger charge is -2.42. The fourth-order valence-electron chi connectivity index (χ4n) is 6.24. The summed E-state index contributed by atoms with van der Waals surface area (Å²) in [5, 5.41) is 15.1. The lowest BCUT2D eigenvalue weighted by Crippen LogP contribution is -2.50. The summed E-state index contributed by atoms with van der Waals surface area (Å²) >= 11 is 0. The van der Waals surface area contributed by atoms with E-state index in [1.807, 2.05) is 72.6 Å². The molecule has 0 unspecified atom stereocenters. The highest BCUT2D eigenvalue weighted by molar-refractivity contribution is 5.93. The summed E-state index contributed by atoms with van der Waals surface area (Å²) in [5.74, 6) is 0.369. The molecule has 41 heavy (non-hydrogen) atoms. The first-order valence-corrected chi connectivity index (χ1v) is 14.4. The number of amides is 3. The molecular weight excluding hydrogens is 516 g/mol. The highest BCUT2D eigenvalue weighted by Crippen LogP contribution is 2.42. The highest BCUT2D eigenvalue weighted by Gasteiger charge is 2.40. The van der Waals surface area contributed by atoms with E-state index in [1.54, 1.807) is 13.1 Å². The lowest BCUT2D eigenvalue weighted by atomic mass is 9.71. The first kappa shape index (κ1) is 28.3. The number of carbonyl (C=O) groups is 3. The Morgan fingerprint density at radius 2 is 1.66 bits per heavy atom. The number of nitrogens with one attached hydrogen (secondary N) is 2. The van der Waals surface area contributed by atoms with E-state index < -0.39 is 11.6 Å². The number of pyridine rings is 1. The number of aromatic nitrogens is 1. The second kappa shape index (κ2) is 12.1. The SMILES string of the molecule is CC(=O)N(C)[C@H]1CC[C@H](CC(=O)Nc2cnc(-c3ccc(C4(NC(=O)O)CCC4)cc3)c(-c3ccccc3)c2)CC1. The first-order valence-electron chi connectivity index (χ1n) is 14.4. The number of carboxylic acid groups (broad SMARTS) is 1. The van der Waals surface area contributed by atoms with Crippen molar-refractivity contribution in [3.8, 4) is 22.4 Å². The van der Waals surface area contributed by atoms with Gasteiger partial charge in [-0.05, 0) is 68.1 Å². The van der Waals surface area contributed by atoms with Gasteiger partial charge in [-0.2, -0.15) is 0 Å². The minimum absolute atomic E-state index is 0.0250. The Kier molecular flexibility index (Phi) is 8.38. The maximum Gasteiger partial charge on any atom is 0.405 e. The van der Waals surface area contributed by atoms with E-state index in [4.69, 9.17) is 4.98 Å². The van der Waals surface area contributed by atoms with Crippen LogP contribution in [-0.4, -0.2) is 46.0 Å². The van der Waals surface area contributed by atoms with Crippen molar-refractivity contribution in [3.05, 3.63) is 72.4 Å². The molecule has 0 spiro atoms. The van der Waals surface area contributed by atoms with Crippen molar-refractivity contribution in [1.82, 2.24) is 15.2 Å². The predicted molar refractivity (Wildman–Crippen MR) is 159 cm³/mol. The molecule has 8 heteroatoms. The molecule has 1 heterocycles. The third-order valence-corrected chi connectivity index (χ3v) is 8.86. The molecule has 0 atom stereocenters. The molecular formula is C33H38N4O4. The molecule has 0 radical (unpaired) electrons. The van der Waals surface area contributed by atoms with Gasteiger partial charge in [0.25, 0.3) is 0 Å². The molecule has 2 saturated carbocycles. The number of carbonyl (C=O) groups excluding carboxylic acids is 2. The largest absolute Gasteiger partial charge is 0.465 e. The fourth-order valence-corrected chi connectivity index (χ4v) is 6.24. The van der Waals surface area contributed by atoms with E-state index in [-0.39, 0.29) is 17.9 Å². The normalized spacial score (nSPS) is 19.5. The maximum absolute atomic E-state index is 13.0. The van der Waals surface area contributed by atoms with Gasteiger partial charge in [0.1, 0.15) is 0 Å². The van der Waals surface area contributed by atoms with Crippen LogP contribution in [0.5, 0.6) is 0 Å². The van der Waals surface area contributed by atoms with Gasteiger partial charge in [0.2, 0.25) is 11.8 Å². The molecule has 0 aliphatic heterocycles. The lowest BCUT2D eigenvalue weighted by molar-refractivity contribution is -0.130. The standard InChI is InChI=1S/C33H38N4O4/c1-22(38)37(2)28-15-9-23(10-16-28)19-30(39)35-27-20-29(24-7-4-3-5-8-24)31(34-21-27)25-11-13-26(14-12-25)33(17-6-18-33)36-32(40)41/h3-5,7-8,11-14,20-21,23,28,36H,6,9-10,15-19H2,1-2H3,(H,35,39)(H,40,41)/t23-,28-. The van der Waals surface area contributed by atoms with Gasteiger partial charge in [0.15, 0.2) is 0 Å². The average molecular weight is 555 g/mol. The molecule has 3 amide bonds. The second-order valence-corrected chi connectivity index (χ2v) is 11.5. The van der Waals surface area contributed by atoms with Crippen molar-refractivity contribution >= 4 is 23.6 Å². The molecule has 2 aliphatic carbocycles. The van der Waals surface area contributed by atoms with Gasteiger partial charge in [0.05, 0.1) is 23.1 Å². The molecule has 0 bridgehead atoms. The van der Waals surface area contributed by atoms with Gasteiger partial charge >= 0.3 is 6.09 Å². The van der Waals surface area contributed by atoms with Gasteiger partial charge in [-0.1, -0.05) is 54.6 Å². The number of benzene rings is 2. The summed E-state index contributed by atoms with van der Waals surface area (Å²) in [6.45, 7) is 1.60. The van der Waals surface area contributed by atoms with Crippen LogP contribution in [0.25, 0.3) is 22.4 Å². The van der Waals surface area contributed by atoms with E-state index in [2.05, 4.69) is 10.6 Å². The van der Waals surface area contributed by atoms with Crippen LogP contribution in [0, 0.1) is 5.92 Å². The molecule has 2 fully saturated rings. The Bertz CT molecular complexity index is 1390. The third kappa shape index (κ3) is 6.42. The van der Waals surface area contributed by atoms with Crippen LogP contribution < -0.4 is 10.6 Å². The van der Waals surface area contributed by atoms with Crippen molar-refractivity contribution in [2.75, 3.05) is 12.4 Å². The molecule has 3 N–H and O–H groups in total. The van der Waals surface area contributed by atoms with Crippen molar-refractivity contribution < 1.29 is 19.5 Å². The van der Waals surface area contributed by atoms with E-state index in [0.717, 1.165) is 72.9 Å². The molecule has 2 aliphatic rings. The van der Waals surface area contributed by atoms with E-state index in [9.17, 15) is 19.5 Å². The van der Waals surface area contributed by atoms with Gasteiger partial charge in [-0.25, -0.2) is 4.79 Å². The Morgan fingerprint density at radius 1 is 0.976 bits per heavy atom. The quantitative estimate of drug-likeness (QED) is 0.297. The zero-order chi connectivity index (χ0) is 29.0. The van der Waals surface area contributed by atoms with Gasteiger partial charge in [-0.3, -0.25) is 14.6 Å². The van der Waals surface area contributed by atoms with Crippen LogP contribution >= 0.6 is 0 Å². The minimum Gasteiger partial charge on any atom is -0.465 e. The van der Waals surface area contributed by atoms with E-state index in [0.29, 0.717) is 18.0 Å². The summed E-state index contributed by atoms with van der Waals surface area (Å²) in [6.07, 6.45) is 7.43. The smallest absolute Gasteiger partial charge is 0.405 e. The Morgan fingerprint density at radius 3 is 2.24 bits per heavy atom. The first-order chi connectivity index (χ1) is 19.7. The molecule has 1 aromatic heterocycles. The van der Waals surface area contributed by atoms with Crippen LogP contribution in [0.3, 0.4) is 0 Å². The van der Waals surface area contributed by atoms with Crippen LogP contribution in [0.1, 0.15) is 63.9 Å². The van der Waals surface area contributed by atoms with E-state index >= 15 is 0 Å². The zero-order valence-corrected chi connectivity index (χ0v) is 23.7. The fraction of sp³-hybridized carbons (Fsp3) is 0.394. The Balaban J connectivity index is 1.32. The minimum atomic E-state index is -1.01. The van der Waals surface area contributed by atoms with Crippen molar-refractivity contribution in [1.29, 1.82) is 0 Å². The van der Waals surface area contributed by atoms with Crippen LogP contribution in [0.2, 0.25) is 0 Å². The molecule has 214 valence electrons. The number of anilines is 1. The average Bonchev–Trinajstić information content (AvgIpc) is 2.95. The highest BCUT2D eigenvalue weighted by atomic mass is 16.4. The summed E-state index contributed by atoms with van der Waals surface area (Å²) in [5.41, 5.74) is 4.71. The maximum atomic E-state index is 13.0. The van der Waals surface area contributed by atoms with Gasteiger partial charge < -0.3 is 20.6 Å². The zero-order valence-electron chi connectivity index (χ0n) is 23.7. The molecule has 0 saturated heterocycles. The van der Waals surface area contributed by atoms with Crippen LogP contribution in [0.15, 0.2) is 66.9 Å². The van der Waals surface area contributed by atoms with Crippen molar-refractivity contribution in [2.24, 2.45) is 5.92 Å². The number of hydrogen-bond acceptors (Lipinski definition) is 4. The number of nitrogens with zero attached hydrogens (tertiary/aromatic N) is 2. The summed E-state index contributed by atoms with van der Waals surface area (Å²) < 4.78 is 0. The second-order valence-electron chi connectivity index (χ2n) is 11.5. The van der Waals surface area contributed by atoms with Crippen molar-refractivity contribution in [2.45, 2.75) is 69.9 Å². The Labute approximate surface area is 241 Å². The monoisotopic (exact) mass is 554 g/mol. The number of rotatable bonds is 8. The summed E-state index contributed by atoms with van der Waals surface area (Å²) in [4.78, 5) is 42.7. The summed E-state index contributed by atoms with van der Waals surface area (Å²) in [7, 11) is 1.86. The van der Waals surface area contributed by atoms with Crippen molar-refractivity contribution in [3.63, 3.8) is 0 Å². The molecule has 8 nitrogen and oxygen atoms in total.